The van der Waals surface area contributed by atoms with Crippen LogP contribution in [0.25, 0.3) is 0 Å². The predicted octanol–water partition coefficient (Wildman–Crippen LogP) is 1.28. The van der Waals surface area contributed by atoms with Crippen LogP contribution in [0.2, 0.25) is 0 Å². The van der Waals surface area contributed by atoms with E-state index in [0.29, 0.717) is 0 Å². The standard InChI is InChI=1S/C6H2F6O3/c7-5(8,9)1-2(6(10,11)12)4(14)15-3(1)13/h3,13H. The first-order chi connectivity index (χ1) is 6.55. The zero-order valence-corrected chi connectivity index (χ0v) is 6.61. The molecule has 0 saturated heterocycles. The second kappa shape index (κ2) is 3.12. The Kier molecular flexibility index (Phi) is 2.46. The van der Waals surface area contributed by atoms with Crippen molar-refractivity contribution in [3.8, 4) is 0 Å². The van der Waals surface area contributed by atoms with Crippen LogP contribution in [0.1, 0.15) is 0 Å². The Morgan fingerprint density at radius 2 is 1.53 bits per heavy atom. The van der Waals surface area contributed by atoms with Gasteiger partial charge in [-0.05, 0) is 0 Å². The van der Waals surface area contributed by atoms with Crippen molar-refractivity contribution in [2.45, 2.75) is 18.6 Å². The van der Waals surface area contributed by atoms with Gasteiger partial charge < -0.3 is 9.84 Å². The molecule has 1 N–H and O–H groups in total. The largest absolute Gasteiger partial charge is 0.428 e. The van der Waals surface area contributed by atoms with E-state index in [1.54, 1.807) is 0 Å². The molecule has 1 aliphatic rings. The summed E-state index contributed by atoms with van der Waals surface area (Å²) in [5.74, 6) is -2.23. The third-order valence-corrected chi connectivity index (χ3v) is 1.53. The maximum Gasteiger partial charge on any atom is 0.423 e. The topological polar surface area (TPSA) is 46.5 Å². The minimum Gasteiger partial charge on any atom is -0.428 e. The normalized spacial score (nSPS) is 23.4. The Labute approximate surface area is 77.9 Å². The maximum atomic E-state index is 12.0. The summed E-state index contributed by atoms with van der Waals surface area (Å²) in [7, 11) is 0. The average Bonchev–Trinajstić information content (AvgIpc) is 2.22. The van der Waals surface area contributed by atoms with E-state index in [9.17, 15) is 31.1 Å². The average molecular weight is 236 g/mol. The second-order valence-electron chi connectivity index (χ2n) is 2.54. The molecule has 0 aromatic heterocycles. The van der Waals surface area contributed by atoms with Crippen LogP contribution in [0.4, 0.5) is 26.3 Å². The van der Waals surface area contributed by atoms with E-state index < -0.39 is 35.8 Å². The van der Waals surface area contributed by atoms with E-state index in [2.05, 4.69) is 4.74 Å². The zero-order chi connectivity index (χ0) is 12.0. The van der Waals surface area contributed by atoms with Crippen LogP contribution in [-0.2, 0) is 9.53 Å². The van der Waals surface area contributed by atoms with Gasteiger partial charge in [-0.25, -0.2) is 4.79 Å². The number of carbonyl (C=O) groups excluding carboxylic acids is 1. The molecule has 86 valence electrons. The van der Waals surface area contributed by atoms with Crippen molar-refractivity contribution in [2.24, 2.45) is 0 Å². The van der Waals surface area contributed by atoms with Gasteiger partial charge >= 0.3 is 18.3 Å². The number of hydrogen-bond donors (Lipinski definition) is 1. The number of aliphatic hydroxyl groups is 1. The lowest BCUT2D eigenvalue weighted by molar-refractivity contribution is -0.163. The van der Waals surface area contributed by atoms with Crippen LogP contribution in [0.3, 0.4) is 0 Å². The molecule has 0 amide bonds. The molecule has 0 bridgehead atoms. The van der Waals surface area contributed by atoms with Crippen LogP contribution < -0.4 is 0 Å². The van der Waals surface area contributed by atoms with Gasteiger partial charge in [0.1, 0.15) is 5.57 Å². The molecule has 1 atom stereocenters. The smallest absolute Gasteiger partial charge is 0.423 e. The number of alkyl halides is 6. The van der Waals surface area contributed by atoms with E-state index in [-0.39, 0.29) is 0 Å². The molecule has 1 unspecified atom stereocenters. The molecule has 0 aromatic rings. The molecule has 9 heteroatoms. The summed E-state index contributed by atoms with van der Waals surface area (Å²) in [6, 6.07) is 0. The fourth-order valence-corrected chi connectivity index (χ4v) is 1.00. The lowest BCUT2D eigenvalue weighted by Gasteiger charge is -2.12. The summed E-state index contributed by atoms with van der Waals surface area (Å²) in [6.45, 7) is 0. The quantitative estimate of drug-likeness (QED) is 0.509. The van der Waals surface area contributed by atoms with Crippen LogP contribution in [-0.4, -0.2) is 29.7 Å². The number of hydrogen-bond acceptors (Lipinski definition) is 3. The van der Waals surface area contributed by atoms with Crippen molar-refractivity contribution >= 4 is 5.97 Å². The number of cyclic esters (lactones) is 1. The van der Waals surface area contributed by atoms with E-state index >= 15 is 0 Å². The monoisotopic (exact) mass is 236 g/mol. The zero-order valence-electron chi connectivity index (χ0n) is 6.61. The van der Waals surface area contributed by atoms with Gasteiger partial charge in [0.05, 0.1) is 0 Å². The van der Waals surface area contributed by atoms with Gasteiger partial charge in [-0.1, -0.05) is 0 Å². The molecule has 0 aliphatic carbocycles. The minimum atomic E-state index is -5.51. The van der Waals surface area contributed by atoms with Gasteiger partial charge in [-0.3, -0.25) is 0 Å². The predicted molar refractivity (Wildman–Crippen MR) is 31.2 cm³/mol. The molecule has 1 aliphatic heterocycles. The Balaban J connectivity index is 3.35. The lowest BCUT2D eigenvalue weighted by atomic mass is 10.1. The number of halogens is 6. The minimum absolute atomic E-state index is 2.23. The van der Waals surface area contributed by atoms with Crippen molar-refractivity contribution in [1.82, 2.24) is 0 Å². The Morgan fingerprint density at radius 3 is 1.80 bits per heavy atom. The summed E-state index contributed by atoms with van der Waals surface area (Å²) in [5, 5.41) is 8.51. The van der Waals surface area contributed by atoms with Crippen molar-refractivity contribution in [1.29, 1.82) is 0 Å². The van der Waals surface area contributed by atoms with Crippen molar-refractivity contribution in [3.05, 3.63) is 11.1 Å². The summed E-state index contributed by atoms with van der Waals surface area (Å²) in [6.07, 6.45) is -13.9. The lowest BCUT2D eigenvalue weighted by Crippen LogP contribution is -2.25. The number of rotatable bonds is 0. The van der Waals surface area contributed by atoms with Gasteiger partial charge in [0, 0.05) is 0 Å². The summed E-state index contributed by atoms with van der Waals surface area (Å²) < 4.78 is 75.5. The third-order valence-electron chi connectivity index (χ3n) is 1.53. The van der Waals surface area contributed by atoms with Gasteiger partial charge in [-0.15, -0.1) is 0 Å². The molecule has 3 nitrogen and oxygen atoms in total. The van der Waals surface area contributed by atoms with E-state index in [0.717, 1.165) is 0 Å². The molecule has 15 heavy (non-hydrogen) atoms. The summed E-state index contributed by atoms with van der Waals surface area (Å²) in [5.41, 5.74) is -4.93. The van der Waals surface area contributed by atoms with Crippen molar-refractivity contribution < 1.29 is 41.0 Å². The third kappa shape index (κ3) is 2.06. The van der Waals surface area contributed by atoms with Crippen molar-refractivity contribution in [3.63, 3.8) is 0 Å². The van der Waals surface area contributed by atoms with Crippen molar-refractivity contribution in [2.75, 3.05) is 0 Å². The molecular formula is C6H2F6O3. The number of carbonyl (C=O) groups is 1. The maximum absolute atomic E-state index is 12.0. The first-order valence-corrected chi connectivity index (χ1v) is 3.32. The highest BCUT2D eigenvalue weighted by atomic mass is 19.4. The molecule has 0 aromatic carbocycles. The van der Waals surface area contributed by atoms with Gasteiger partial charge in [0.25, 0.3) is 0 Å². The highest BCUT2D eigenvalue weighted by molar-refractivity contribution is 5.93. The fourth-order valence-electron chi connectivity index (χ4n) is 1.00. The van der Waals surface area contributed by atoms with Gasteiger partial charge in [0.2, 0.25) is 6.29 Å². The SMILES string of the molecule is O=C1OC(O)C(C(F)(F)F)=C1C(F)(F)F. The molecule has 0 radical (unpaired) electrons. The molecule has 0 fully saturated rings. The Bertz CT molecular complexity index is 325. The molecular weight excluding hydrogens is 234 g/mol. The highest BCUT2D eigenvalue weighted by Gasteiger charge is 2.57. The first kappa shape index (κ1) is 11.8. The van der Waals surface area contributed by atoms with Crippen LogP contribution >= 0.6 is 0 Å². The first-order valence-electron chi connectivity index (χ1n) is 3.32. The summed E-state index contributed by atoms with van der Waals surface area (Å²) >= 11 is 0. The number of aliphatic hydroxyl groups excluding tert-OH is 1. The Morgan fingerprint density at radius 1 is 1.07 bits per heavy atom. The molecule has 0 spiro atoms. The van der Waals surface area contributed by atoms with E-state index in [1.807, 2.05) is 0 Å². The van der Waals surface area contributed by atoms with Crippen LogP contribution in [0.15, 0.2) is 11.1 Å². The Hall–Kier alpha value is -1.25. The van der Waals surface area contributed by atoms with Crippen LogP contribution in [0.5, 0.6) is 0 Å². The number of esters is 1. The summed E-state index contributed by atoms with van der Waals surface area (Å²) in [4.78, 5) is 10.4. The molecule has 1 rings (SSSR count). The van der Waals surface area contributed by atoms with E-state index in [1.165, 1.54) is 0 Å². The van der Waals surface area contributed by atoms with E-state index in [4.69, 9.17) is 5.11 Å². The van der Waals surface area contributed by atoms with Gasteiger partial charge in [-0.2, -0.15) is 26.3 Å². The van der Waals surface area contributed by atoms with Crippen LogP contribution in [0, 0.1) is 0 Å². The molecule has 1 heterocycles. The van der Waals surface area contributed by atoms with Gasteiger partial charge in [0.15, 0.2) is 5.57 Å². The second-order valence-corrected chi connectivity index (χ2v) is 2.54. The number of ether oxygens (including phenoxy) is 1. The highest BCUT2D eigenvalue weighted by Crippen LogP contribution is 2.42. The molecule has 0 saturated carbocycles. The fraction of sp³-hybridized carbons (Fsp3) is 0.500.